The van der Waals surface area contributed by atoms with E-state index in [-0.39, 0.29) is 12.4 Å². The smallest absolute Gasteiger partial charge is 0.305 e. The lowest BCUT2D eigenvalue weighted by atomic mass is 10.2. The fourth-order valence-electron chi connectivity index (χ4n) is 1.99. The molecule has 0 atom stereocenters. The number of benzene rings is 1. The third-order valence-corrected chi connectivity index (χ3v) is 4.80. The minimum Gasteiger partial charge on any atom is -0.489 e. The molecule has 0 bridgehead atoms. The standard InChI is InChI=1S/C17H13BrN2O4S/c18-14-7-6-13(25-14)16(21)19-20-17(22)15-11(8-9-23-15)10-24-12-4-2-1-3-5-12/h1-9H,10H2,(H,19,21)(H,20,22). The number of furan rings is 1. The number of hydrazine groups is 1. The van der Waals surface area contributed by atoms with E-state index in [0.29, 0.717) is 16.2 Å². The molecule has 0 unspecified atom stereocenters. The van der Waals surface area contributed by atoms with Crippen LogP contribution in [0, 0.1) is 0 Å². The highest BCUT2D eigenvalue weighted by Crippen LogP contribution is 2.21. The third kappa shape index (κ3) is 4.49. The van der Waals surface area contributed by atoms with Crippen LogP contribution >= 0.6 is 27.3 Å². The number of amides is 2. The van der Waals surface area contributed by atoms with Gasteiger partial charge in [-0.1, -0.05) is 18.2 Å². The number of thiophene rings is 1. The Morgan fingerprint density at radius 2 is 1.80 bits per heavy atom. The Morgan fingerprint density at radius 1 is 1.04 bits per heavy atom. The summed E-state index contributed by atoms with van der Waals surface area (Å²) in [4.78, 5) is 24.6. The Balaban J connectivity index is 1.57. The third-order valence-electron chi connectivity index (χ3n) is 3.18. The molecule has 0 aliphatic rings. The first-order valence-corrected chi connectivity index (χ1v) is 8.84. The molecule has 8 heteroatoms. The maximum absolute atomic E-state index is 12.2. The van der Waals surface area contributed by atoms with E-state index in [1.807, 2.05) is 30.3 Å². The molecule has 0 saturated carbocycles. The highest BCUT2D eigenvalue weighted by molar-refractivity contribution is 9.11. The average molecular weight is 421 g/mol. The Labute approximate surface area is 155 Å². The number of ether oxygens (including phenoxy) is 1. The summed E-state index contributed by atoms with van der Waals surface area (Å²) in [7, 11) is 0. The van der Waals surface area contributed by atoms with Gasteiger partial charge in [0.15, 0.2) is 5.76 Å². The van der Waals surface area contributed by atoms with Crippen molar-refractivity contribution in [1.82, 2.24) is 10.9 Å². The lowest BCUT2D eigenvalue weighted by Crippen LogP contribution is -2.41. The Hall–Kier alpha value is -2.58. The van der Waals surface area contributed by atoms with Gasteiger partial charge in [0.1, 0.15) is 12.4 Å². The van der Waals surface area contributed by atoms with Crippen LogP contribution < -0.4 is 15.6 Å². The van der Waals surface area contributed by atoms with Crippen molar-refractivity contribution in [2.45, 2.75) is 6.61 Å². The van der Waals surface area contributed by atoms with E-state index in [4.69, 9.17) is 9.15 Å². The van der Waals surface area contributed by atoms with E-state index in [0.717, 1.165) is 3.79 Å². The zero-order valence-electron chi connectivity index (χ0n) is 12.8. The topological polar surface area (TPSA) is 80.6 Å². The Kier molecular flexibility index (Phi) is 5.52. The monoisotopic (exact) mass is 420 g/mol. The van der Waals surface area contributed by atoms with Crippen LogP contribution in [0.25, 0.3) is 0 Å². The molecule has 3 aromatic rings. The second-order valence-electron chi connectivity index (χ2n) is 4.89. The van der Waals surface area contributed by atoms with Crippen LogP contribution in [-0.2, 0) is 6.61 Å². The molecule has 128 valence electrons. The van der Waals surface area contributed by atoms with Gasteiger partial charge in [-0.3, -0.25) is 20.4 Å². The molecule has 2 aromatic heterocycles. The number of halogens is 1. The molecule has 2 heterocycles. The average Bonchev–Trinajstić information content (AvgIpc) is 3.27. The van der Waals surface area contributed by atoms with Crippen molar-refractivity contribution in [2.75, 3.05) is 0 Å². The van der Waals surface area contributed by atoms with Gasteiger partial charge < -0.3 is 9.15 Å². The molecule has 1 aromatic carbocycles. The number of para-hydroxylation sites is 1. The number of nitrogens with one attached hydrogen (secondary N) is 2. The predicted octanol–water partition coefficient (Wildman–Crippen LogP) is 3.76. The quantitative estimate of drug-likeness (QED) is 0.615. The van der Waals surface area contributed by atoms with Crippen molar-refractivity contribution in [3.63, 3.8) is 0 Å². The number of carbonyl (C=O) groups is 2. The number of hydrogen-bond acceptors (Lipinski definition) is 5. The molecule has 6 nitrogen and oxygen atoms in total. The molecule has 2 amide bonds. The van der Waals surface area contributed by atoms with E-state index < -0.39 is 11.8 Å². The van der Waals surface area contributed by atoms with Gasteiger partial charge in [-0.25, -0.2) is 0 Å². The van der Waals surface area contributed by atoms with Crippen molar-refractivity contribution >= 4 is 39.1 Å². The van der Waals surface area contributed by atoms with Crippen LogP contribution in [0.4, 0.5) is 0 Å². The molecule has 2 N–H and O–H groups in total. The second kappa shape index (κ2) is 8.00. The molecule has 0 aliphatic heterocycles. The second-order valence-corrected chi connectivity index (χ2v) is 7.35. The summed E-state index contributed by atoms with van der Waals surface area (Å²) in [6.07, 6.45) is 1.40. The van der Waals surface area contributed by atoms with Gasteiger partial charge in [0.2, 0.25) is 0 Å². The lowest BCUT2D eigenvalue weighted by molar-refractivity contribution is 0.0830. The van der Waals surface area contributed by atoms with Gasteiger partial charge in [0.05, 0.1) is 14.9 Å². The van der Waals surface area contributed by atoms with Crippen LogP contribution in [0.1, 0.15) is 25.8 Å². The van der Waals surface area contributed by atoms with Crippen LogP contribution in [0.5, 0.6) is 5.75 Å². The zero-order valence-corrected chi connectivity index (χ0v) is 15.2. The highest BCUT2D eigenvalue weighted by Gasteiger charge is 2.17. The van der Waals surface area contributed by atoms with Crippen LogP contribution in [0.2, 0.25) is 0 Å². The van der Waals surface area contributed by atoms with Crippen molar-refractivity contribution in [3.8, 4) is 5.75 Å². The summed E-state index contributed by atoms with van der Waals surface area (Å²) in [5.74, 6) is -0.187. The van der Waals surface area contributed by atoms with Crippen molar-refractivity contribution in [1.29, 1.82) is 0 Å². The van der Waals surface area contributed by atoms with Gasteiger partial charge in [0.25, 0.3) is 5.91 Å². The summed E-state index contributed by atoms with van der Waals surface area (Å²) in [5, 5.41) is 0. The molecular weight excluding hydrogens is 408 g/mol. The lowest BCUT2D eigenvalue weighted by Gasteiger charge is -2.07. The minimum absolute atomic E-state index is 0.0867. The SMILES string of the molecule is O=C(NNC(=O)c1occc1COc1ccccc1)c1ccc(Br)s1. The predicted molar refractivity (Wildman–Crippen MR) is 96.4 cm³/mol. The molecule has 0 fully saturated rings. The van der Waals surface area contributed by atoms with E-state index in [9.17, 15) is 9.59 Å². The number of hydrogen-bond donors (Lipinski definition) is 2. The molecular formula is C17H13BrN2O4S. The van der Waals surface area contributed by atoms with E-state index in [1.54, 1.807) is 18.2 Å². The number of carbonyl (C=O) groups excluding carboxylic acids is 2. The van der Waals surface area contributed by atoms with E-state index in [1.165, 1.54) is 17.6 Å². The van der Waals surface area contributed by atoms with Crippen LogP contribution in [0.3, 0.4) is 0 Å². The van der Waals surface area contributed by atoms with Gasteiger partial charge in [0, 0.05) is 5.56 Å². The zero-order chi connectivity index (χ0) is 17.6. The summed E-state index contributed by atoms with van der Waals surface area (Å²) >= 11 is 4.54. The first-order valence-electron chi connectivity index (χ1n) is 7.24. The van der Waals surface area contributed by atoms with Gasteiger partial charge >= 0.3 is 5.91 Å². The molecule has 25 heavy (non-hydrogen) atoms. The molecule has 0 spiro atoms. The van der Waals surface area contributed by atoms with Gasteiger partial charge in [-0.2, -0.15) is 0 Å². The summed E-state index contributed by atoms with van der Waals surface area (Å²) in [6.45, 7) is 0.176. The fourth-order valence-corrected chi connectivity index (χ4v) is 3.28. The highest BCUT2D eigenvalue weighted by atomic mass is 79.9. The van der Waals surface area contributed by atoms with Crippen molar-refractivity contribution in [2.24, 2.45) is 0 Å². The van der Waals surface area contributed by atoms with Gasteiger partial charge in [-0.15, -0.1) is 11.3 Å². The Bertz CT molecular complexity index is 876. The largest absolute Gasteiger partial charge is 0.489 e. The maximum atomic E-state index is 12.2. The molecule has 0 aliphatic carbocycles. The first-order chi connectivity index (χ1) is 12.1. The molecule has 0 radical (unpaired) electrons. The van der Waals surface area contributed by atoms with E-state index >= 15 is 0 Å². The normalized spacial score (nSPS) is 10.3. The first kappa shape index (κ1) is 17.2. The number of rotatable bonds is 5. The van der Waals surface area contributed by atoms with Crippen LogP contribution in [0.15, 0.2) is 63.0 Å². The minimum atomic E-state index is -0.555. The van der Waals surface area contributed by atoms with Crippen molar-refractivity contribution < 1.29 is 18.7 Å². The Morgan fingerprint density at radius 3 is 2.52 bits per heavy atom. The summed E-state index contributed by atoms with van der Waals surface area (Å²) < 4.78 is 11.6. The molecule has 3 rings (SSSR count). The molecule has 0 saturated heterocycles. The van der Waals surface area contributed by atoms with Gasteiger partial charge in [-0.05, 0) is 46.3 Å². The maximum Gasteiger partial charge on any atom is 0.305 e. The van der Waals surface area contributed by atoms with Crippen molar-refractivity contribution in [3.05, 3.63) is 74.8 Å². The van der Waals surface area contributed by atoms with E-state index in [2.05, 4.69) is 26.8 Å². The van der Waals surface area contributed by atoms with Crippen LogP contribution in [-0.4, -0.2) is 11.8 Å². The summed E-state index contributed by atoms with van der Waals surface area (Å²) in [6, 6.07) is 14.3. The fraction of sp³-hybridized carbons (Fsp3) is 0.0588. The summed E-state index contributed by atoms with van der Waals surface area (Å²) in [5.41, 5.74) is 5.26.